The van der Waals surface area contributed by atoms with Crippen molar-refractivity contribution in [3.63, 3.8) is 0 Å². The second kappa shape index (κ2) is 6.91. The summed E-state index contributed by atoms with van der Waals surface area (Å²) in [6.07, 6.45) is 11.6. The lowest BCUT2D eigenvalue weighted by Gasteiger charge is -2.35. The van der Waals surface area contributed by atoms with E-state index in [1.165, 1.54) is 37.9 Å². The Labute approximate surface area is 149 Å². The van der Waals surface area contributed by atoms with Gasteiger partial charge in [0.2, 0.25) is 5.91 Å². The molecule has 3 nitrogen and oxygen atoms in total. The largest absolute Gasteiger partial charge is 0.326 e. The van der Waals surface area contributed by atoms with Crippen molar-refractivity contribution in [1.29, 1.82) is 0 Å². The minimum Gasteiger partial charge on any atom is -0.326 e. The molecule has 134 valence electrons. The summed E-state index contributed by atoms with van der Waals surface area (Å²) in [4.78, 5) is 15.1. The van der Waals surface area contributed by atoms with Crippen LogP contribution in [0.15, 0.2) is 36.4 Å². The predicted octanol–water partition coefficient (Wildman–Crippen LogP) is 4.22. The van der Waals surface area contributed by atoms with E-state index in [2.05, 4.69) is 22.4 Å². The van der Waals surface area contributed by atoms with E-state index < -0.39 is 0 Å². The topological polar surface area (TPSA) is 32.3 Å². The molecule has 25 heavy (non-hydrogen) atoms. The van der Waals surface area contributed by atoms with Crippen molar-refractivity contribution in [2.24, 2.45) is 17.3 Å². The number of rotatable bonds is 4. The fourth-order valence-corrected chi connectivity index (χ4v) is 4.63. The molecule has 1 spiro atoms. The third-order valence-corrected chi connectivity index (χ3v) is 6.34. The Hall–Kier alpha value is -1.68. The molecule has 1 heterocycles. The van der Waals surface area contributed by atoms with Crippen molar-refractivity contribution in [3.8, 4) is 0 Å². The normalized spacial score (nSPS) is 28.0. The number of anilines is 1. The van der Waals surface area contributed by atoms with Crippen molar-refractivity contribution in [3.05, 3.63) is 42.2 Å². The highest BCUT2D eigenvalue weighted by atomic mass is 19.1. The number of carbonyl (C=O) groups excluding carboxylic acids is 1. The van der Waals surface area contributed by atoms with E-state index in [-0.39, 0.29) is 23.1 Å². The van der Waals surface area contributed by atoms with Crippen LogP contribution in [-0.2, 0) is 4.79 Å². The first-order valence-electron chi connectivity index (χ1n) is 9.58. The van der Waals surface area contributed by atoms with E-state index in [1.807, 2.05) is 0 Å². The van der Waals surface area contributed by atoms with Crippen LogP contribution >= 0.6 is 0 Å². The van der Waals surface area contributed by atoms with Gasteiger partial charge in [-0.05, 0) is 81.1 Å². The average molecular weight is 342 g/mol. The van der Waals surface area contributed by atoms with Gasteiger partial charge in [0.05, 0.1) is 0 Å². The molecule has 1 N–H and O–H groups in total. The number of hydrogen-bond acceptors (Lipinski definition) is 2. The average Bonchev–Trinajstić information content (AvgIpc) is 3.32. The van der Waals surface area contributed by atoms with Gasteiger partial charge in [0.15, 0.2) is 0 Å². The standard InChI is InChI=1S/C21H27FN2O/c22-17-7-4-8-18(13-17)23-20(25)19-14-21(19)9-11-24(12-10-21)15-16-5-2-1-3-6-16/h1-2,4,7-8,13,16,19H,3,5-6,9-12,14-15H2,(H,23,25)/t16-,19+/m1/s1. The number of benzene rings is 1. The highest BCUT2D eigenvalue weighted by molar-refractivity contribution is 5.95. The number of halogens is 1. The summed E-state index contributed by atoms with van der Waals surface area (Å²) in [6, 6.07) is 6.16. The number of amides is 1. The molecule has 1 saturated carbocycles. The van der Waals surface area contributed by atoms with Crippen molar-refractivity contribution < 1.29 is 9.18 Å². The van der Waals surface area contributed by atoms with E-state index in [0.717, 1.165) is 38.3 Å². The Morgan fingerprint density at radius 2 is 2.12 bits per heavy atom. The van der Waals surface area contributed by atoms with Crippen molar-refractivity contribution in [2.75, 3.05) is 25.0 Å². The molecule has 2 atom stereocenters. The third kappa shape index (κ3) is 3.79. The molecule has 1 aromatic rings. The number of piperidine rings is 1. The maximum absolute atomic E-state index is 13.3. The minimum absolute atomic E-state index is 0.0662. The van der Waals surface area contributed by atoms with Crippen LogP contribution in [0.2, 0.25) is 0 Å². The van der Waals surface area contributed by atoms with E-state index in [4.69, 9.17) is 0 Å². The smallest absolute Gasteiger partial charge is 0.228 e. The van der Waals surface area contributed by atoms with Crippen LogP contribution in [-0.4, -0.2) is 30.4 Å². The first-order chi connectivity index (χ1) is 12.1. The zero-order valence-electron chi connectivity index (χ0n) is 14.7. The highest BCUT2D eigenvalue weighted by Crippen LogP contribution is 2.59. The molecule has 1 aliphatic heterocycles. The molecule has 2 aliphatic carbocycles. The number of likely N-dealkylation sites (tertiary alicyclic amines) is 1. The Bertz CT molecular complexity index is 664. The lowest BCUT2D eigenvalue weighted by molar-refractivity contribution is -0.118. The lowest BCUT2D eigenvalue weighted by atomic mass is 9.88. The minimum atomic E-state index is -0.311. The first-order valence-corrected chi connectivity index (χ1v) is 9.58. The van der Waals surface area contributed by atoms with Gasteiger partial charge >= 0.3 is 0 Å². The van der Waals surface area contributed by atoms with Gasteiger partial charge in [-0.25, -0.2) is 4.39 Å². The molecule has 4 heteroatoms. The molecule has 1 amide bonds. The molecule has 0 radical (unpaired) electrons. The van der Waals surface area contributed by atoms with Crippen molar-refractivity contribution in [1.82, 2.24) is 4.90 Å². The van der Waals surface area contributed by atoms with Crippen molar-refractivity contribution in [2.45, 2.75) is 38.5 Å². The van der Waals surface area contributed by atoms with Gasteiger partial charge in [-0.2, -0.15) is 0 Å². The predicted molar refractivity (Wildman–Crippen MR) is 97.7 cm³/mol. The number of nitrogens with one attached hydrogen (secondary N) is 1. The van der Waals surface area contributed by atoms with Gasteiger partial charge < -0.3 is 10.2 Å². The SMILES string of the molecule is O=C(Nc1cccc(F)c1)[C@@H]1CC12CCN(C[C@@H]1CC=CCC1)CC2. The second-order valence-corrected chi connectivity index (χ2v) is 8.07. The van der Waals surface area contributed by atoms with Gasteiger partial charge in [0.1, 0.15) is 5.82 Å². The maximum atomic E-state index is 13.3. The maximum Gasteiger partial charge on any atom is 0.228 e. The Balaban J connectivity index is 1.26. The molecule has 3 aliphatic rings. The van der Waals surface area contributed by atoms with Gasteiger partial charge in [-0.3, -0.25) is 4.79 Å². The summed E-state index contributed by atoms with van der Waals surface area (Å²) < 4.78 is 13.3. The van der Waals surface area contributed by atoms with Crippen LogP contribution in [0.25, 0.3) is 0 Å². The Kier molecular flexibility index (Phi) is 4.63. The van der Waals surface area contributed by atoms with E-state index >= 15 is 0 Å². The van der Waals surface area contributed by atoms with Crippen LogP contribution in [0.3, 0.4) is 0 Å². The van der Waals surface area contributed by atoms with Gasteiger partial charge in [0, 0.05) is 18.2 Å². The molecule has 0 bridgehead atoms. The number of allylic oxidation sites excluding steroid dienone is 2. The summed E-state index contributed by atoms with van der Waals surface area (Å²) in [6.45, 7) is 3.44. The molecule has 0 unspecified atom stereocenters. The monoisotopic (exact) mass is 342 g/mol. The first kappa shape index (κ1) is 16.8. The summed E-state index contributed by atoms with van der Waals surface area (Å²) in [5.41, 5.74) is 0.773. The summed E-state index contributed by atoms with van der Waals surface area (Å²) in [7, 11) is 0. The van der Waals surface area contributed by atoms with Gasteiger partial charge in [0.25, 0.3) is 0 Å². The van der Waals surface area contributed by atoms with Crippen LogP contribution in [0.1, 0.15) is 38.5 Å². The number of nitrogens with zero attached hydrogens (tertiary/aromatic N) is 1. The molecule has 4 rings (SSSR count). The van der Waals surface area contributed by atoms with E-state index in [1.54, 1.807) is 12.1 Å². The number of hydrogen-bond donors (Lipinski definition) is 1. The van der Waals surface area contributed by atoms with Crippen LogP contribution < -0.4 is 5.32 Å². The molecule has 1 saturated heterocycles. The quantitative estimate of drug-likeness (QED) is 0.831. The van der Waals surface area contributed by atoms with Crippen LogP contribution in [0.5, 0.6) is 0 Å². The summed E-state index contributed by atoms with van der Waals surface area (Å²) >= 11 is 0. The van der Waals surface area contributed by atoms with E-state index in [9.17, 15) is 9.18 Å². The number of carbonyl (C=O) groups is 1. The zero-order valence-corrected chi connectivity index (χ0v) is 14.7. The zero-order chi connectivity index (χ0) is 17.3. The summed E-state index contributed by atoms with van der Waals surface area (Å²) in [5.74, 6) is 0.673. The molecular weight excluding hydrogens is 315 g/mol. The van der Waals surface area contributed by atoms with Crippen LogP contribution in [0.4, 0.5) is 10.1 Å². The fourth-order valence-electron chi connectivity index (χ4n) is 4.63. The highest BCUT2D eigenvalue weighted by Gasteiger charge is 2.58. The molecule has 1 aromatic carbocycles. The lowest BCUT2D eigenvalue weighted by Crippen LogP contribution is -2.39. The Morgan fingerprint density at radius 1 is 1.28 bits per heavy atom. The summed E-state index contributed by atoms with van der Waals surface area (Å²) in [5, 5.41) is 2.89. The van der Waals surface area contributed by atoms with Gasteiger partial charge in [-0.1, -0.05) is 18.2 Å². The molecular formula is C21H27FN2O. The van der Waals surface area contributed by atoms with Crippen molar-refractivity contribution >= 4 is 11.6 Å². The second-order valence-electron chi connectivity index (χ2n) is 8.07. The Morgan fingerprint density at radius 3 is 2.84 bits per heavy atom. The molecule has 2 fully saturated rings. The van der Waals surface area contributed by atoms with Crippen LogP contribution in [0, 0.1) is 23.1 Å². The fraction of sp³-hybridized carbons (Fsp3) is 0.571. The van der Waals surface area contributed by atoms with E-state index in [0.29, 0.717) is 5.69 Å². The molecule has 0 aromatic heterocycles. The third-order valence-electron chi connectivity index (χ3n) is 6.34. The van der Waals surface area contributed by atoms with Gasteiger partial charge in [-0.15, -0.1) is 0 Å².